The van der Waals surface area contributed by atoms with Crippen LogP contribution in [0.4, 0.5) is 0 Å². The maximum absolute atomic E-state index is 6.19. The Morgan fingerprint density at radius 3 is 0.906 bits per heavy atom. The van der Waals surface area contributed by atoms with Gasteiger partial charge in [0.15, 0.2) is 49.6 Å². The Hall–Kier alpha value is -7.12. The Morgan fingerprint density at radius 2 is 0.604 bits per heavy atom. The van der Waals surface area contributed by atoms with Crippen molar-refractivity contribution in [2.75, 3.05) is 14.2 Å². The smallest absolute Gasteiger partial charge is 0.214 e. The summed E-state index contributed by atoms with van der Waals surface area (Å²) in [5.74, 6) is 3.23. The normalized spacial score (nSPS) is 10.8. The van der Waals surface area contributed by atoms with Crippen LogP contribution in [-0.2, 0) is 0 Å². The van der Waals surface area contributed by atoms with Crippen molar-refractivity contribution >= 4 is 0 Å². The van der Waals surface area contributed by atoms with Gasteiger partial charge in [0.1, 0.15) is 23.0 Å². The molecule has 0 aliphatic heterocycles. The van der Waals surface area contributed by atoms with Gasteiger partial charge in [-0.05, 0) is 58.7 Å². The Labute approximate surface area is 309 Å². The molecule has 0 saturated carbocycles. The van der Waals surface area contributed by atoms with Gasteiger partial charge in [0.2, 0.25) is 22.7 Å². The minimum absolute atomic E-state index is 0.778. The molecule has 4 aromatic carbocycles. The van der Waals surface area contributed by atoms with Crippen LogP contribution in [0.25, 0.3) is 45.0 Å². The van der Waals surface area contributed by atoms with E-state index in [1.54, 1.807) is 14.2 Å². The van der Waals surface area contributed by atoms with E-state index in [0.717, 1.165) is 68.0 Å². The van der Waals surface area contributed by atoms with E-state index in [0.29, 0.717) is 0 Å². The van der Waals surface area contributed by atoms with Gasteiger partial charge in [-0.1, -0.05) is 12.1 Å². The minimum atomic E-state index is 0.778. The molecule has 8 rings (SSSR count). The molecule has 7 nitrogen and oxygen atoms in total. The number of hydrogen-bond acceptors (Lipinski definition) is 3. The van der Waals surface area contributed by atoms with Crippen LogP contribution in [0.1, 0.15) is 0 Å². The monoisotopic (exact) mass is 694 g/mol. The Kier molecular flexibility index (Phi) is 9.36. The minimum Gasteiger partial charge on any atom is -0.497 e. The average Bonchev–Trinajstić information content (AvgIpc) is 3.24. The zero-order chi connectivity index (χ0) is 36.0. The predicted octanol–water partition coefficient (Wildman–Crippen LogP) is 7.94. The van der Waals surface area contributed by atoms with Crippen molar-refractivity contribution in [1.82, 2.24) is 0 Å². The van der Waals surface area contributed by atoms with Gasteiger partial charge in [0.05, 0.1) is 26.4 Å². The molecular weight excluding hydrogens is 657 g/mol. The van der Waals surface area contributed by atoms with Crippen molar-refractivity contribution in [2.24, 2.45) is 0 Å². The highest BCUT2D eigenvalue weighted by atomic mass is 16.5. The van der Waals surface area contributed by atoms with Gasteiger partial charge in [-0.15, -0.1) is 0 Å². The van der Waals surface area contributed by atoms with Gasteiger partial charge in [-0.3, -0.25) is 0 Å². The number of ether oxygens (including phenoxy) is 3. The molecule has 8 aromatic rings. The fourth-order valence-electron chi connectivity index (χ4n) is 6.22. The second-order valence-electron chi connectivity index (χ2n) is 12.5. The molecule has 0 aliphatic rings. The lowest BCUT2D eigenvalue weighted by atomic mass is 10.1. The summed E-state index contributed by atoms with van der Waals surface area (Å²) in [5.41, 5.74) is 8.79. The number of rotatable bonds is 10. The number of benzene rings is 4. The molecule has 0 fully saturated rings. The van der Waals surface area contributed by atoms with Crippen LogP contribution in [-0.4, -0.2) is 14.2 Å². The summed E-state index contributed by atoms with van der Waals surface area (Å²) in [6.07, 6.45) is 16.6. The topological polar surface area (TPSA) is 43.2 Å². The summed E-state index contributed by atoms with van der Waals surface area (Å²) >= 11 is 0. The zero-order valence-corrected chi connectivity index (χ0v) is 29.5. The molecule has 7 heteroatoms. The Balaban J connectivity index is 0.877. The first-order chi connectivity index (χ1) is 26.1. The lowest BCUT2D eigenvalue weighted by molar-refractivity contribution is -0.596. The van der Waals surface area contributed by atoms with Gasteiger partial charge in [-0.2, -0.15) is 18.3 Å². The zero-order valence-electron chi connectivity index (χ0n) is 29.5. The molecule has 0 spiro atoms. The summed E-state index contributed by atoms with van der Waals surface area (Å²) in [5, 5.41) is 0. The second kappa shape index (κ2) is 15.0. The quantitative estimate of drug-likeness (QED) is 0.137. The predicted molar refractivity (Wildman–Crippen MR) is 203 cm³/mol. The first kappa shape index (κ1) is 33.0. The first-order valence-electron chi connectivity index (χ1n) is 17.4. The molecule has 4 heterocycles. The number of nitrogens with zero attached hydrogens (tertiary/aromatic N) is 4. The van der Waals surface area contributed by atoms with E-state index in [4.69, 9.17) is 14.2 Å². The van der Waals surface area contributed by atoms with Crippen LogP contribution in [0, 0.1) is 0 Å². The molecule has 0 radical (unpaired) electrons. The van der Waals surface area contributed by atoms with Crippen molar-refractivity contribution in [2.45, 2.75) is 0 Å². The number of aromatic nitrogens is 4. The van der Waals surface area contributed by atoms with Crippen molar-refractivity contribution < 1.29 is 32.5 Å². The standard InChI is InChI=1S/C46H38N4O3/c1-51-45-7-3-5-41(33-45)49-29-21-37(22-30-49)35-17-25-47(26-18-35)39-9-13-43(14-10-39)53-44-15-11-40(12-16-44)48-27-19-36(20-28-48)38-23-31-50(32-24-38)42-6-4-8-46(34-42)52-2/h3-34H,1-2H3/q+4. The average molecular weight is 695 g/mol. The van der Waals surface area contributed by atoms with Crippen molar-refractivity contribution in [1.29, 1.82) is 0 Å². The highest BCUT2D eigenvalue weighted by Crippen LogP contribution is 2.24. The summed E-state index contributed by atoms with van der Waals surface area (Å²) in [4.78, 5) is 0. The van der Waals surface area contributed by atoms with Gasteiger partial charge < -0.3 is 14.2 Å². The summed E-state index contributed by atoms with van der Waals surface area (Å²) in [6.45, 7) is 0. The van der Waals surface area contributed by atoms with Crippen LogP contribution in [0.3, 0.4) is 0 Å². The van der Waals surface area contributed by atoms with Crippen LogP contribution in [0.5, 0.6) is 23.0 Å². The lowest BCUT2D eigenvalue weighted by Crippen LogP contribution is -2.29. The number of hydrogen-bond donors (Lipinski definition) is 0. The second-order valence-corrected chi connectivity index (χ2v) is 12.5. The summed E-state index contributed by atoms with van der Waals surface area (Å²) in [6, 6.07) is 49.3. The van der Waals surface area contributed by atoms with E-state index >= 15 is 0 Å². The Bertz CT molecular complexity index is 2270. The highest BCUT2D eigenvalue weighted by molar-refractivity contribution is 5.62. The van der Waals surface area contributed by atoms with Crippen LogP contribution in [0.15, 0.2) is 195 Å². The number of pyridine rings is 4. The third-order valence-corrected chi connectivity index (χ3v) is 9.19. The Morgan fingerprint density at radius 1 is 0.302 bits per heavy atom. The maximum Gasteiger partial charge on any atom is 0.214 e. The van der Waals surface area contributed by atoms with E-state index in [9.17, 15) is 0 Å². The van der Waals surface area contributed by atoms with Gasteiger partial charge in [0, 0.05) is 84.9 Å². The maximum atomic E-state index is 6.19. The van der Waals surface area contributed by atoms with E-state index in [1.165, 1.54) is 0 Å². The van der Waals surface area contributed by atoms with Crippen molar-refractivity contribution in [3.05, 3.63) is 195 Å². The van der Waals surface area contributed by atoms with Gasteiger partial charge >= 0.3 is 0 Å². The highest BCUT2D eigenvalue weighted by Gasteiger charge is 2.13. The van der Waals surface area contributed by atoms with E-state index in [-0.39, 0.29) is 0 Å². The molecule has 4 aromatic heterocycles. The molecule has 0 saturated heterocycles. The van der Waals surface area contributed by atoms with Gasteiger partial charge in [0.25, 0.3) is 0 Å². The van der Waals surface area contributed by atoms with Crippen LogP contribution in [0.2, 0.25) is 0 Å². The van der Waals surface area contributed by atoms with E-state index < -0.39 is 0 Å². The molecule has 0 aliphatic carbocycles. The number of methoxy groups -OCH3 is 2. The third-order valence-electron chi connectivity index (χ3n) is 9.19. The molecule has 53 heavy (non-hydrogen) atoms. The van der Waals surface area contributed by atoms with E-state index in [2.05, 4.69) is 153 Å². The van der Waals surface area contributed by atoms with Crippen molar-refractivity contribution in [3.63, 3.8) is 0 Å². The first-order valence-corrected chi connectivity index (χ1v) is 17.4. The SMILES string of the molecule is COc1cccc(-[n+]2ccc(-c3cc[n+](-c4ccc(Oc5ccc(-[n+]6ccc(-c7cc[n+](-c8cccc(OC)c8)cc7)cc6)cc5)cc4)cc3)cc2)c1. The lowest BCUT2D eigenvalue weighted by Gasteiger charge is -2.06. The van der Waals surface area contributed by atoms with Crippen LogP contribution < -0.4 is 32.5 Å². The molecule has 0 atom stereocenters. The fourth-order valence-corrected chi connectivity index (χ4v) is 6.22. The molecular formula is C46H38N4O3+4. The molecule has 0 amide bonds. The van der Waals surface area contributed by atoms with Gasteiger partial charge in [-0.25, -0.2) is 0 Å². The third kappa shape index (κ3) is 7.50. The van der Waals surface area contributed by atoms with Crippen molar-refractivity contribution in [3.8, 4) is 68.0 Å². The summed E-state index contributed by atoms with van der Waals surface area (Å²) < 4.78 is 25.3. The molecule has 0 bridgehead atoms. The van der Waals surface area contributed by atoms with Crippen LogP contribution >= 0.6 is 0 Å². The molecule has 256 valence electrons. The fraction of sp³-hybridized carbons (Fsp3) is 0.0435. The molecule has 0 unspecified atom stereocenters. The largest absolute Gasteiger partial charge is 0.497 e. The van der Waals surface area contributed by atoms with E-state index in [1.807, 2.05) is 60.7 Å². The molecule has 0 N–H and O–H groups in total. The summed E-state index contributed by atoms with van der Waals surface area (Å²) in [7, 11) is 3.37.